The van der Waals surface area contributed by atoms with Crippen LogP contribution in [0.1, 0.15) is 61.4 Å². The van der Waals surface area contributed by atoms with Gasteiger partial charge in [0.15, 0.2) is 5.69 Å². The lowest BCUT2D eigenvalue weighted by Crippen LogP contribution is -2.36. The van der Waals surface area contributed by atoms with Gasteiger partial charge in [0.05, 0.1) is 13.7 Å². The molecule has 1 aromatic rings. The van der Waals surface area contributed by atoms with Crippen molar-refractivity contribution in [2.45, 2.75) is 52.5 Å². The SMILES string of the molecule is CCCC[C@@H](CC)C(=O)N(CCCOC)Cc1nc(C(=O)OC)cs1. The van der Waals surface area contributed by atoms with Crippen LogP contribution in [0.4, 0.5) is 0 Å². The number of aromatic nitrogens is 1. The van der Waals surface area contributed by atoms with Crippen molar-refractivity contribution >= 4 is 23.2 Å². The van der Waals surface area contributed by atoms with Crippen molar-refractivity contribution in [1.82, 2.24) is 9.88 Å². The van der Waals surface area contributed by atoms with Crippen molar-refractivity contribution in [1.29, 1.82) is 0 Å². The molecular weight excluding hydrogens is 340 g/mol. The van der Waals surface area contributed by atoms with Crippen molar-refractivity contribution in [3.63, 3.8) is 0 Å². The number of ether oxygens (including phenoxy) is 2. The van der Waals surface area contributed by atoms with Crippen molar-refractivity contribution in [3.05, 3.63) is 16.1 Å². The number of hydrogen-bond acceptors (Lipinski definition) is 6. The average Bonchev–Trinajstić information content (AvgIpc) is 3.09. The van der Waals surface area contributed by atoms with E-state index in [0.29, 0.717) is 25.4 Å². The molecule has 0 unspecified atom stereocenters. The summed E-state index contributed by atoms with van der Waals surface area (Å²) >= 11 is 1.38. The standard InChI is InChI=1S/C18H30N2O4S/c1-5-7-9-14(6-2)17(21)20(10-8-11-23-3)12-16-19-15(13-25-16)18(22)24-4/h13-14H,5-12H2,1-4H3/t14-/m1/s1. The maximum Gasteiger partial charge on any atom is 0.357 e. The van der Waals surface area contributed by atoms with E-state index in [1.54, 1.807) is 12.5 Å². The highest BCUT2D eigenvalue weighted by molar-refractivity contribution is 7.09. The number of esters is 1. The van der Waals surface area contributed by atoms with Crippen LogP contribution in [0.25, 0.3) is 0 Å². The fourth-order valence-corrected chi connectivity index (χ4v) is 3.40. The summed E-state index contributed by atoms with van der Waals surface area (Å²) in [6, 6.07) is 0. The predicted octanol–water partition coefficient (Wildman–Crippen LogP) is 3.51. The van der Waals surface area contributed by atoms with Crippen LogP contribution in [-0.4, -0.2) is 49.1 Å². The molecular formula is C18H30N2O4S. The minimum atomic E-state index is -0.450. The van der Waals surface area contributed by atoms with Crippen LogP contribution in [0, 0.1) is 5.92 Å². The Morgan fingerprint density at radius 2 is 2.04 bits per heavy atom. The number of carbonyl (C=O) groups is 2. The van der Waals surface area contributed by atoms with Gasteiger partial charge in [-0.05, 0) is 19.3 Å². The molecule has 0 aromatic carbocycles. The van der Waals surface area contributed by atoms with E-state index in [1.807, 2.05) is 4.90 Å². The first-order valence-corrected chi connectivity index (χ1v) is 9.75. The third kappa shape index (κ3) is 7.12. The third-order valence-electron chi connectivity index (χ3n) is 4.11. The van der Waals surface area contributed by atoms with Crippen LogP contribution in [0.5, 0.6) is 0 Å². The molecule has 1 heterocycles. The van der Waals surface area contributed by atoms with Crippen LogP contribution in [0.3, 0.4) is 0 Å². The predicted molar refractivity (Wildman–Crippen MR) is 98.7 cm³/mol. The first-order chi connectivity index (χ1) is 12.1. The highest BCUT2D eigenvalue weighted by atomic mass is 32.1. The summed E-state index contributed by atoms with van der Waals surface area (Å²) < 4.78 is 9.80. The molecule has 0 bridgehead atoms. The quantitative estimate of drug-likeness (QED) is 0.416. The zero-order valence-electron chi connectivity index (χ0n) is 15.7. The molecule has 1 amide bonds. The maximum atomic E-state index is 12.9. The fraction of sp³-hybridized carbons (Fsp3) is 0.722. The van der Waals surface area contributed by atoms with E-state index in [2.05, 4.69) is 23.6 Å². The van der Waals surface area contributed by atoms with Crippen LogP contribution in [0.15, 0.2) is 5.38 Å². The van der Waals surface area contributed by atoms with E-state index in [4.69, 9.17) is 4.74 Å². The number of amides is 1. The molecule has 0 spiro atoms. The molecule has 0 aliphatic rings. The van der Waals surface area contributed by atoms with Crippen molar-refractivity contribution in [3.8, 4) is 0 Å². The van der Waals surface area contributed by atoms with E-state index < -0.39 is 5.97 Å². The first kappa shape index (κ1) is 21.6. The summed E-state index contributed by atoms with van der Waals surface area (Å²) in [5.74, 6) is -0.237. The lowest BCUT2D eigenvalue weighted by molar-refractivity contribution is -0.136. The van der Waals surface area contributed by atoms with E-state index in [-0.39, 0.29) is 11.8 Å². The van der Waals surface area contributed by atoms with Gasteiger partial charge < -0.3 is 14.4 Å². The Hall–Kier alpha value is -1.47. The third-order valence-corrected chi connectivity index (χ3v) is 4.94. The molecule has 1 atom stereocenters. The van der Waals surface area contributed by atoms with Crippen molar-refractivity contribution in [2.75, 3.05) is 27.4 Å². The van der Waals surface area contributed by atoms with Gasteiger partial charge in [-0.3, -0.25) is 4.79 Å². The summed E-state index contributed by atoms with van der Waals surface area (Å²) in [5, 5.41) is 2.42. The maximum absolute atomic E-state index is 12.9. The van der Waals surface area contributed by atoms with Crippen LogP contribution < -0.4 is 0 Å². The van der Waals surface area contributed by atoms with Crippen molar-refractivity contribution in [2.24, 2.45) is 5.92 Å². The molecule has 25 heavy (non-hydrogen) atoms. The minimum absolute atomic E-state index is 0.0440. The van der Waals surface area contributed by atoms with Crippen LogP contribution in [0.2, 0.25) is 0 Å². The minimum Gasteiger partial charge on any atom is -0.464 e. The highest BCUT2D eigenvalue weighted by Gasteiger charge is 2.23. The number of thiazole rings is 1. The Bertz CT molecular complexity index is 533. The molecule has 0 radical (unpaired) electrons. The van der Waals surface area contributed by atoms with E-state index in [0.717, 1.165) is 37.1 Å². The summed E-state index contributed by atoms with van der Waals surface area (Å²) in [5.41, 5.74) is 0.296. The van der Waals surface area contributed by atoms with Gasteiger partial charge >= 0.3 is 5.97 Å². The van der Waals surface area contributed by atoms with Crippen molar-refractivity contribution < 1.29 is 19.1 Å². The normalized spacial score (nSPS) is 12.0. The molecule has 142 valence electrons. The number of carbonyl (C=O) groups excluding carboxylic acids is 2. The molecule has 0 N–H and O–H groups in total. The van der Waals surface area contributed by atoms with Gasteiger partial charge in [0, 0.05) is 31.6 Å². The lowest BCUT2D eigenvalue weighted by Gasteiger charge is -2.26. The number of methoxy groups -OCH3 is 2. The van der Waals surface area contributed by atoms with Gasteiger partial charge in [-0.2, -0.15) is 0 Å². The Morgan fingerprint density at radius 3 is 2.64 bits per heavy atom. The summed E-state index contributed by atoms with van der Waals surface area (Å²) in [6.45, 7) is 5.86. The first-order valence-electron chi connectivity index (χ1n) is 8.87. The Kier molecular flexibility index (Phi) is 10.3. The van der Waals surface area contributed by atoms with E-state index in [1.165, 1.54) is 18.4 Å². The molecule has 0 fully saturated rings. The highest BCUT2D eigenvalue weighted by Crippen LogP contribution is 2.20. The van der Waals surface area contributed by atoms with Gasteiger partial charge in [0.1, 0.15) is 5.01 Å². The van der Waals surface area contributed by atoms with Crippen LogP contribution in [-0.2, 0) is 20.8 Å². The number of hydrogen-bond donors (Lipinski definition) is 0. The smallest absolute Gasteiger partial charge is 0.357 e. The zero-order chi connectivity index (χ0) is 18.7. The summed E-state index contributed by atoms with van der Waals surface area (Å²) in [6.07, 6.45) is 4.67. The molecule has 0 saturated heterocycles. The van der Waals surface area contributed by atoms with Gasteiger partial charge in [-0.15, -0.1) is 11.3 Å². The van der Waals surface area contributed by atoms with Gasteiger partial charge in [0.25, 0.3) is 0 Å². The molecule has 1 rings (SSSR count). The molecule has 0 saturated carbocycles. The second-order valence-corrected chi connectivity index (χ2v) is 6.91. The fourth-order valence-electron chi connectivity index (χ4n) is 2.62. The largest absolute Gasteiger partial charge is 0.464 e. The number of unbranched alkanes of at least 4 members (excludes halogenated alkanes) is 1. The Morgan fingerprint density at radius 1 is 1.28 bits per heavy atom. The lowest BCUT2D eigenvalue weighted by atomic mass is 9.97. The average molecular weight is 371 g/mol. The molecule has 6 nitrogen and oxygen atoms in total. The molecule has 1 aromatic heterocycles. The molecule has 0 aliphatic carbocycles. The van der Waals surface area contributed by atoms with E-state index >= 15 is 0 Å². The second-order valence-electron chi connectivity index (χ2n) is 5.97. The van der Waals surface area contributed by atoms with Crippen LogP contribution >= 0.6 is 11.3 Å². The number of rotatable bonds is 12. The zero-order valence-corrected chi connectivity index (χ0v) is 16.6. The summed E-state index contributed by atoms with van der Waals surface area (Å²) in [7, 11) is 2.99. The second kappa shape index (κ2) is 12.0. The number of nitrogens with zero attached hydrogens (tertiary/aromatic N) is 2. The molecule has 0 aliphatic heterocycles. The topological polar surface area (TPSA) is 68.7 Å². The van der Waals surface area contributed by atoms with Gasteiger partial charge in [-0.1, -0.05) is 26.7 Å². The van der Waals surface area contributed by atoms with E-state index in [9.17, 15) is 9.59 Å². The Balaban J connectivity index is 2.82. The van der Waals surface area contributed by atoms with Gasteiger partial charge in [-0.25, -0.2) is 9.78 Å². The Labute approximate surface area is 154 Å². The summed E-state index contributed by atoms with van der Waals surface area (Å²) in [4.78, 5) is 30.6. The molecule has 7 heteroatoms. The van der Waals surface area contributed by atoms with Gasteiger partial charge in [0.2, 0.25) is 5.91 Å². The monoisotopic (exact) mass is 370 g/mol.